The SMILES string of the molecule is O=c1c2[nH]c(N3CCCCC3)nc2n(CC2CC2)c(=O)n1CC1CC1. The van der Waals surface area contributed by atoms with Crippen LogP contribution in [0.1, 0.15) is 44.9 Å². The highest BCUT2D eigenvalue weighted by Crippen LogP contribution is 2.32. The highest BCUT2D eigenvalue weighted by atomic mass is 16.2. The standard InChI is InChI=1S/C18H25N5O2/c24-16-14-15(20-17(19-14)21-8-2-1-3-9-21)22(10-12-4-5-12)18(25)23(16)11-13-6-7-13/h12-13H,1-11H2,(H,19,20). The summed E-state index contributed by atoms with van der Waals surface area (Å²) in [6.07, 6.45) is 8.12. The van der Waals surface area contributed by atoms with E-state index in [2.05, 4.69) is 9.88 Å². The molecule has 1 saturated heterocycles. The van der Waals surface area contributed by atoms with Crippen molar-refractivity contribution in [2.45, 2.75) is 58.0 Å². The van der Waals surface area contributed by atoms with Crippen molar-refractivity contribution in [3.05, 3.63) is 20.8 Å². The maximum atomic E-state index is 13.0. The Morgan fingerprint density at radius 3 is 2.20 bits per heavy atom. The molecule has 1 N–H and O–H groups in total. The zero-order valence-electron chi connectivity index (χ0n) is 14.5. The monoisotopic (exact) mass is 343 g/mol. The van der Waals surface area contributed by atoms with Gasteiger partial charge in [-0.2, -0.15) is 4.98 Å². The van der Waals surface area contributed by atoms with Gasteiger partial charge in [-0.05, 0) is 56.8 Å². The number of fused-ring (bicyclic) bond motifs is 1. The molecule has 2 aromatic rings. The van der Waals surface area contributed by atoms with Gasteiger partial charge in [0.1, 0.15) is 0 Å². The van der Waals surface area contributed by atoms with Gasteiger partial charge in [-0.25, -0.2) is 4.79 Å². The van der Waals surface area contributed by atoms with Crippen LogP contribution in [0.5, 0.6) is 0 Å². The van der Waals surface area contributed by atoms with Gasteiger partial charge in [0.25, 0.3) is 5.56 Å². The molecule has 3 aliphatic rings. The quantitative estimate of drug-likeness (QED) is 0.896. The largest absolute Gasteiger partial charge is 0.342 e. The molecule has 0 atom stereocenters. The molecule has 3 fully saturated rings. The topological polar surface area (TPSA) is 75.9 Å². The molecule has 3 heterocycles. The minimum absolute atomic E-state index is 0.173. The molecular weight excluding hydrogens is 318 g/mol. The Morgan fingerprint density at radius 1 is 0.920 bits per heavy atom. The summed E-state index contributed by atoms with van der Waals surface area (Å²) in [6.45, 7) is 3.16. The van der Waals surface area contributed by atoms with Crippen LogP contribution in [-0.4, -0.2) is 32.2 Å². The fourth-order valence-electron chi connectivity index (χ4n) is 3.85. The van der Waals surface area contributed by atoms with Crippen LogP contribution < -0.4 is 16.1 Å². The smallest absolute Gasteiger partial charge is 0.332 e. The van der Waals surface area contributed by atoms with E-state index in [0.29, 0.717) is 36.1 Å². The van der Waals surface area contributed by atoms with Crippen molar-refractivity contribution in [3.8, 4) is 0 Å². The molecule has 25 heavy (non-hydrogen) atoms. The first-order valence-electron chi connectivity index (χ1n) is 9.69. The molecule has 134 valence electrons. The maximum Gasteiger partial charge on any atom is 0.332 e. The summed E-state index contributed by atoms with van der Waals surface area (Å²) in [7, 11) is 0. The molecule has 0 bridgehead atoms. The molecule has 2 aromatic heterocycles. The van der Waals surface area contributed by atoms with Crippen molar-refractivity contribution in [2.24, 2.45) is 11.8 Å². The van der Waals surface area contributed by atoms with Gasteiger partial charge >= 0.3 is 5.69 Å². The number of H-pyrrole nitrogens is 1. The lowest BCUT2D eigenvalue weighted by Gasteiger charge is -2.25. The van der Waals surface area contributed by atoms with Crippen molar-refractivity contribution in [1.29, 1.82) is 0 Å². The van der Waals surface area contributed by atoms with Crippen molar-refractivity contribution < 1.29 is 0 Å². The number of aromatic amines is 1. The van der Waals surface area contributed by atoms with Gasteiger partial charge in [-0.1, -0.05) is 0 Å². The number of rotatable bonds is 5. The lowest BCUT2D eigenvalue weighted by molar-refractivity contribution is 0.520. The molecule has 2 aliphatic carbocycles. The van der Waals surface area contributed by atoms with Gasteiger partial charge < -0.3 is 9.88 Å². The number of anilines is 1. The van der Waals surface area contributed by atoms with Crippen molar-refractivity contribution in [3.63, 3.8) is 0 Å². The fourth-order valence-corrected chi connectivity index (χ4v) is 3.85. The molecule has 0 radical (unpaired) electrons. The van der Waals surface area contributed by atoms with E-state index in [4.69, 9.17) is 4.98 Å². The van der Waals surface area contributed by atoms with Crippen LogP contribution in [0.2, 0.25) is 0 Å². The zero-order valence-corrected chi connectivity index (χ0v) is 14.5. The molecule has 0 unspecified atom stereocenters. The Bertz CT molecular complexity index is 910. The summed E-state index contributed by atoms with van der Waals surface area (Å²) in [5, 5.41) is 0. The van der Waals surface area contributed by atoms with Gasteiger partial charge in [0, 0.05) is 26.2 Å². The Balaban J connectivity index is 1.65. The molecule has 2 saturated carbocycles. The third kappa shape index (κ3) is 2.79. The van der Waals surface area contributed by atoms with Crippen LogP contribution >= 0.6 is 0 Å². The second kappa shape index (κ2) is 5.75. The highest BCUT2D eigenvalue weighted by molar-refractivity contribution is 5.73. The van der Waals surface area contributed by atoms with Gasteiger partial charge in [0.2, 0.25) is 5.95 Å². The predicted molar refractivity (Wildman–Crippen MR) is 96.1 cm³/mol. The maximum absolute atomic E-state index is 13.0. The average Bonchev–Trinajstić information content (AvgIpc) is 3.56. The fraction of sp³-hybridized carbons (Fsp3) is 0.722. The molecule has 0 spiro atoms. The number of nitrogens with one attached hydrogen (secondary N) is 1. The number of nitrogens with zero attached hydrogens (tertiary/aromatic N) is 4. The zero-order chi connectivity index (χ0) is 17.0. The van der Waals surface area contributed by atoms with E-state index < -0.39 is 0 Å². The highest BCUT2D eigenvalue weighted by Gasteiger charge is 2.29. The molecule has 7 nitrogen and oxygen atoms in total. The van der Waals surface area contributed by atoms with Crippen LogP contribution in [-0.2, 0) is 13.1 Å². The van der Waals surface area contributed by atoms with Crippen molar-refractivity contribution >= 4 is 17.1 Å². The molecule has 5 rings (SSSR count). The molecular formula is C18H25N5O2. The van der Waals surface area contributed by atoms with Crippen LogP contribution in [0.15, 0.2) is 9.59 Å². The second-order valence-electron chi connectivity index (χ2n) is 8.00. The number of imidazole rings is 1. The second-order valence-corrected chi connectivity index (χ2v) is 8.00. The lowest BCUT2D eigenvalue weighted by atomic mass is 10.1. The first-order valence-corrected chi connectivity index (χ1v) is 9.69. The van der Waals surface area contributed by atoms with E-state index >= 15 is 0 Å². The minimum atomic E-state index is -0.199. The van der Waals surface area contributed by atoms with Crippen LogP contribution in [0.25, 0.3) is 11.2 Å². The minimum Gasteiger partial charge on any atom is -0.342 e. The molecule has 1 aliphatic heterocycles. The number of hydrogen-bond acceptors (Lipinski definition) is 4. The van der Waals surface area contributed by atoms with E-state index in [-0.39, 0.29) is 11.2 Å². The Morgan fingerprint density at radius 2 is 1.56 bits per heavy atom. The number of hydrogen-bond donors (Lipinski definition) is 1. The van der Waals surface area contributed by atoms with E-state index in [1.807, 2.05) is 0 Å². The summed E-state index contributed by atoms with van der Waals surface area (Å²) in [5.41, 5.74) is 0.679. The van der Waals surface area contributed by atoms with E-state index in [9.17, 15) is 9.59 Å². The lowest BCUT2D eigenvalue weighted by Crippen LogP contribution is -2.41. The predicted octanol–water partition coefficient (Wildman–Crippen LogP) is 1.70. The summed E-state index contributed by atoms with van der Waals surface area (Å²) in [6, 6.07) is 0. The number of aromatic nitrogens is 4. The first-order chi connectivity index (χ1) is 12.2. The van der Waals surface area contributed by atoms with Crippen molar-refractivity contribution in [1.82, 2.24) is 19.1 Å². The van der Waals surface area contributed by atoms with Gasteiger partial charge in [0.15, 0.2) is 11.2 Å². The summed E-state index contributed by atoms with van der Waals surface area (Å²) in [4.78, 5) is 36.1. The Hall–Kier alpha value is -2.05. The Kier molecular flexibility index (Phi) is 3.50. The van der Waals surface area contributed by atoms with Crippen LogP contribution in [0.4, 0.5) is 5.95 Å². The third-order valence-corrected chi connectivity index (χ3v) is 5.78. The third-order valence-electron chi connectivity index (χ3n) is 5.78. The number of piperidine rings is 1. The summed E-state index contributed by atoms with van der Waals surface area (Å²) in [5.74, 6) is 1.80. The van der Waals surface area contributed by atoms with Crippen molar-refractivity contribution in [2.75, 3.05) is 18.0 Å². The van der Waals surface area contributed by atoms with Crippen LogP contribution in [0.3, 0.4) is 0 Å². The van der Waals surface area contributed by atoms with E-state index in [0.717, 1.165) is 44.7 Å². The van der Waals surface area contributed by atoms with Gasteiger partial charge in [-0.3, -0.25) is 13.9 Å². The van der Waals surface area contributed by atoms with E-state index in [1.54, 1.807) is 4.57 Å². The molecule has 0 amide bonds. The first kappa shape index (κ1) is 15.2. The average molecular weight is 343 g/mol. The Labute approximate surface area is 145 Å². The summed E-state index contributed by atoms with van der Waals surface area (Å²) >= 11 is 0. The van der Waals surface area contributed by atoms with Gasteiger partial charge in [0.05, 0.1) is 0 Å². The van der Waals surface area contributed by atoms with Crippen LogP contribution in [0, 0.1) is 11.8 Å². The van der Waals surface area contributed by atoms with Gasteiger partial charge in [-0.15, -0.1) is 0 Å². The summed E-state index contributed by atoms with van der Waals surface area (Å²) < 4.78 is 3.20. The normalized spacial score (nSPS) is 21.2. The van der Waals surface area contributed by atoms with E-state index in [1.165, 1.54) is 23.8 Å². The molecule has 0 aromatic carbocycles. The molecule has 7 heteroatoms.